The molecular formula is C29H37NO4. The highest BCUT2D eigenvalue weighted by molar-refractivity contribution is 5.87. The van der Waals surface area contributed by atoms with Crippen molar-refractivity contribution in [2.45, 2.75) is 70.4 Å². The molecule has 0 aromatic heterocycles. The number of rotatable bonds is 13. The molecule has 0 spiro atoms. The number of benzene rings is 2. The van der Waals surface area contributed by atoms with E-state index in [1.54, 1.807) is 24.3 Å². The van der Waals surface area contributed by atoms with Crippen LogP contribution >= 0.6 is 0 Å². The molecule has 0 bridgehead atoms. The molecule has 0 radical (unpaired) electrons. The first kappa shape index (κ1) is 25.7. The van der Waals surface area contributed by atoms with Gasteiger partial charge in [0.25, 0.3) is 0 Å². The molecule has 0 unspecified atom stereocenters. The predicted octanol–water partition coefficient (Wildman–Crippen LogP) is 5.27. The van der Waals surface area contributed by atoms with Gasteiger partial charge >= 0.3 is 5.97 Å². The van der Waals surface area contributed by atoms with E-state index in [4.69, 9.17) is 5.11 Å². The Morgan fingerprint density at radius 2 is 1.74 bits per heavy atom. The van der Waals surface area contributed by atoms with Gasteiger partial charge in [0.05, 0.1) is 17.7 Å². The van der Waals surface area contributed by atoms with Gasteiger partial charge in [-0.3, -0.25) is 4.79 Å². The zero-order valence-corrected chi connectivity index (χ0v) is 20.1. The first-order valence-electron chi connectivity index (χ1n) is 12.5. The Morgan fingerprint density at radius 3 is 2.44 bits per heavy atom. The number of hydrogen-bond acceptors (Lipinski definition) is 3. The largest absolute Gasteiger partial charge is 0.478 e. The molecule has 0 saturated carbocycles. The number of carbonyl (C=O) groups is 2. The van der Waals surface area contributed by atoms with Crippen LogP contribution in [0.4, 0.5) is 0 Å². The number of carbonyl (C=O) groups excluding carboxylic acids is 1. The maximum atomic E-state index is 12.4. The smallest absolute Gasteiger partial charge is 0.335 e. The first-order valence-corrected chi connectivity index (χ1v) is 12.5. The Balaban J connectivity index is 1.40. The van der Waals surface area contributed by atoms with Crippen molar-refractivity contribution in [3.63, 3.8) is 0 Å². The third-order valence-electron chi connectivity index (χ3n) is 6.80. The number of unbranched alkanes of at least 4 members (excludes halogenated alkanes) is 2. The van der Waals surface area contributed by atoms with Crippen molar-refractivity contribution in [3.8, 4) is 0 Å². The first-order chi connectivity index (χ1) is 16.4. The molecule has 5 heteroatoms. The number of carboxylic acids is 1. The summed E-state index contributed by atoms with van der Waals surface area (Å²) in [5, 5.41) is 19.6. The average Bonchev–Trinajstić information content (AvgIpc) is 3.20. The van der Waals surface area contributed by atoms with Crippen LogP contribution in [-0.4, -0.2) is 45.7 Å². The van der Waals surface area contributed by atoms with Gasteiger partial charge in [-0.05, 0) is 61.3 Å². The summed E-state index contributed by atoms with van der Waals surface area (Å²) in [5.74, 6) is -0.615. The van der Waals surface area contributed by atoms with Crippen molar-refractivity contribution in [3.05, 3.63) is 83.4 Å². The Morgan fingerprint density at radius 1 is 1.03 bits per heavy atom. The third-order valence-corrected chi connectivity index (χ3v) is 6.80. The second-order valence-corrected chi connectivity index (χ2v) is 9.38. The number of nitrogens with zero attached hydrogens (tertiary/aromatic N) is 1. The van der Waals surface area contributed by atoms with Gasteiger partial charge < -0.3 is 15.1 Å². The lowest BCUT2D eigenvalue weighted by molar-refractivity contribution is -0.128. The Hall–Kier alpha value is -2.92. The molecule has 1 aliphatic rings. The van der Waals surface area contributed by atoms with Crippen molar-refractivity contribution < 1.29 is 19.8 Å². The predicted molar refractivity (Wildman–Crippen MR) is 135 cm³/mol. The zero-order chi connectivity index (χ0) is 24.3. The maximum absolute atomic E-state index is 12.4. The molecule has 1 aliphatic heterocycles. The monoisotopic (exact) mass is 463 g/mol. The van der Waals surface area contributed by atoms with Gasteiger partial charge in [-0.2, -0.15) is 0 Å². The van der Waals surface area contributed by atoms with Crippen molar-refractivity contribution >= 4 is 11.9 Å². The van der Waals surface area contributed by atoms with Crippen LogP contribution in [0.3, 0.4) is 0 Å². The fourth-order valence-corrected chi connectivity index (χ4v) is 4.53. The van der Waals surface area contributed by atoms with Crippen LogP contribution in [0.5, 0.6) is 0 Å². The Labute approximate surface area is 203 Å². The van der Waals surface area contributed by atoms with Crippen LogP contribution in [0.15, 0.2) is 66.7 Å². The van der Waals surface area contributed by atoms with Gasteiger partial charge in [-0.1, -0.05) is 74.4 Å². The molecule has 1 fully saturated rings. The fraction of sp³-hybridized carbons (Fsp3) is 0.448. The standard InChI is InChI=1S/C29H37NO4/c1-22(8-4-2-5-9-23-10-6-3-7-11-23)27(31)18-16-26-17-19-28(32)30(26)21-20-24-12-14-25(15-13-24)29(33)34/h3,6-7,10-16,18,22,26-27,31H,2,4-5,8-9,17,19-21H2,1H3,(H,33,34)/b18-16+/t22-,26-,27+/m0/s1. The van der Waals surface area contributed by atoms with Crippen LogP contribution in [0, 0.1) is 5.92 Å². The number of aliphatic hydroxyl groups is 1. The highest BCUT2D eigenvalue weighted by atomic mass is 16.4. The molecule has 2 aromatic rings. The van der Waals surface area contributed by atoms with E-state index in [0.717, 1.165) is 37.7 Å². The third kappa shape index (κ3) is 7.84. The number of likely N-dealkylation sites (tertiary alicyclic amines) is 1. The molecule has 3 rings (SSSR count). The molecule has 3 atom stereocenters. The zero-order valence-electron chi connectivity index (χ0n) is 20.1. The van der Waals surface area contributed by atoms with Crippen LogP contribution < -0.4 is 0 Å². The number of amides is 1. The SMILES string of the molecule is C[C@@H](CCCCCc1ccccc1)[C@H](O)/C=C/[C@H]1CCC(=O)N1CCc1ccc(C(=O)O)cc1. The summed E-state index contributed by atoms with van der Waals surface area (Å²) in [6.07, 6.45) is 10.9. The summed E-state index contributed by atoms with van der Waals surface area (Å²) >= 11 is 0. The molecule has 1 saturated heterocycles. The summed E-state index contributed by atoms with van der Waals surface area (Å²) in [6, 6.07) is 17.4. The van der Waals surface area contributed by atoms with E-state index in [9.17, 15) is 14.7 Å². The Kier molecular flexibility index (Phi) is 9.89. The van der Waals surface area contributed by atoms with E-state index in [1.807, 2.05) is 23.1 Å². The van der Waals surface area contributed by atoms with Gasteiger partial charge in [-0.25, -0.2) is 4.79 Å². The molecule has 34 heavy (non-hydrogen) atoms. The van der Waals surface area contributed by atoms with Gasteiger partial charge in [0.1, 0.15) is 0 Å². The molecule has 0 aliphatic carbocycles. The van der Waals surface area contributed by atoms with Gasteiger partial charge in [-0.15, -0.1) is 0 Å². The summed E-state index contributed by atoms with van der Waals surface area (Å²) in [4.78, 5) is 25.3. The lowest BCUT2D eigenvalue weighted by Gasteiger charge is -2.23. The molecule has 2 aromatic carbocycles. The van der Waals surface area contributed by atoms with E-state index in [-0.39, 0.29) is 23.4 Å². The number of aliphatic hydroxyl groups excluding tert-OH is 1. The van der Waals surface area contributed by atoms with Gasteiger partial charge in [0.2, 0.25) is 5.91 Å². The number of hydrogen-bond donors (Lipinski definition) is 2. The highest BCUT2D eigenvalue weighted by Crippen LogP contribution is 2.22. The van der Waals surface area contributed by atoms with E-state index in [2.05, 4.69) is 31.2 Å². The lowest BCUT2D eigenvalue weighted by atomic mass is 9.95. The molecule has 182 valence electrons. The molecule has 1 heterocycles. The van der Waals surface area contributed by atoms with Crippen molar-refractivity contribution in [2.24, 2.45) is 5.92 Å². The van der Waals surface area contributed by atoms with E-state index in [0.29, 0.717) is 19.4 Å². The van der Waals surface area contributed by atoms with E-state index >= 15 is 0 Å². The van der Waals surface area contributed by atoms with Crippen LogP contribution in [0.1, 0.15) is 66.9 Å². The average molecular weight is 464 g/mol. The van der Waals surface area contributed by atoms with Gasteiger partial charge in [0, 0.05) is 13.0 Å². The molecular weight excluding hydrogens is 426 g/mol. The second kappa shape index (κ2) is 13.1. The van der Waals surface area contributed by atoms with Crippen LogP contribution in [0.25, 0.3) is 0 Å². The Bertz CT molecular complexity index is 938. The molecule has 2 N–H and O–H groups in total. The second-order valence-electron chi connectivity index (χ2n) is 9.38. The lowest BCUT2D eigenvalue weighted by Crippen LogP contribution is -2.34. The summed E-state index contributed by atoms with van der Waals surface area (Å²) in [5.41, 5.74) is 2.65. The van der Waals surface area contributed by atoms with Crippen LogP contribution in [0.2, 0.25) is 0 Å². The summed E-state index contributed by atoms with van der Waals surface area (Å²) < 4.78 is 0. The number of aryl methyl sites for hydroxylation is 1. The number of carboxylic acid groups (broad SMARTS) is 1. The van der Waals surface area contributed by atoms with Crippen molar-refractivity contribution in [1.29, 1.82) is 0 Å². The maximum Gasteiger partial charge on any atom is 0.335 e. The normalized spacial score (nSPS) is 17.9. The van der Waals surface area contributed by atoms with E-state index in [1.165, 1.54) is 12.0 Å². The van der Waals surface area contributed by atoms with Crippen molar-refractivity contribution in [1.82, 2.24) is 4.90 Å². The quantitative estimate of drug-likeness (QED) is 0.313. The van der Waals surface area contributed by atoms with E-state index < -0.39 is 12.1 Å². The minimum atomic E-state index is -0.938. The highest BCUT2D eigenvalue weighted by Gasteiger charge is 2.29. The fourth-order valence-electron chi connectivity index (χ4n) is 4.53. The van der Waals surface area contributed by atoms with Gasteiger partial charge in [0.15, 0.2) is 0 Å². The minimum absolute atomic E-state index is 0.0125. The summed E-state index contributed by atoms with van der Waals surface area (Å²) in [6.45, 7) is 2.68. The topological polar surface area (TPSA) is 77.8 Å². The van der Waals surface area contributed by atoms with Crippen LogP contribution in [-0.2, 0) is 17.6 Å². The summed E-state index contributed by atoms with van der Waals surface area (Å²) in [7, 11) is 0. The molecule has 5 nitrogen and oxygen atoms in total. The molecule has 1 amide bonds. The minimum Gasteiger partial charge on any atom is -0.478 e. The number of aromatic carboxylic acids is 1. The van der Waals surface area contributed by atoms with Crippen molar-refractivity contribution in [2.75, 3.05) is 6.54 Å².